The molecule has 1 fully saturated rings. The molecule has 0 aromatic heterocycles. The SMILES string of the molecule is COCCCC1=CCCC2(CCOC2)C1. The summed E-state index contributed by atoms with van der Waals surface area (Å²) in [6, 6.07) is 0. The highest BCUT2D eigenvalue weighted by molar-refractivity contribution is 5.11. The van der Waals surface area contributed by atoms with Gasteiger partial charge in [0.05, 0.1) is 6.61 Å². The van der Waals surface area contributed by atoms with E-state index in [9.17, 15) is 0 Å². The smallest absolute Gasteiger partial charge is 0.0526 e. The Balaban J connectivity index is 1.83. The fourth-order valence-corrected chi connectivity index (χ4v) is 2.84. The molecule has 2 nitrogen and oxygen atoms in total. The predicted molar refractivity (Wildman–Crippen MR) is 60.9 cm³/mol. The third-order valence-electron chi connectivity index (χ3n) is 3.74. The molecule has 0 saturated carbocycles. The predicted octanol–water partition coefficient (Wildman–Crippen LogP) is 2.93. The number of rotatable bonds is 4. The summed E-state index contributed by atoms with van der Waals surface area (Å²) in [6.07, 6.45) is 9.96. The summed E-state index contributed by atoms with van der Waals surface area (Å²) in [5.41, 5.74) is 2.15. The molecule has 0 aromatic carbocycles. The lowest BCUT2D eigenvalue weighted by atomic mass is 9.73. The first-order valence-corrected chi connectivity index (χ1v) is 6.09. The molecule has 1 saturated heterocycles. The zero-order chi connectivity index (χ0) is 10.6. The molecule has 1 atom stereocenters. The minimum atomic E-state index is 0.511. The molecule has 2 aliphatic rings. The van der Waals surface area contributed by atoms with Gasteiger partial charge in [-0.25, -0.2) is 0 Å². The molecular formula is C13H22O2. The van der Waals surface area contributed by atoms with Gasteiger partial charge in [-0.15, -0.1) is 0 Å². The van der Waals surface area contributed by atoms with Gasteiger partial charge in [0.15, 0.2) is 0 Å². The van der Waals surface area contributed by atoms with Crippen LogP contribution in [0.15, 0.2) is 11.6 Å². The van der Waals surface area contributed by atoms with Crippen molar-refractivity contribution in [3.63, 3.8) is 0 Å². The fourth-order valence-electron chi connectivity index (χ4n) is 2.84. The lowest BCUT2D eigenvalue weighted by Gasteiger charge is -2.32. The molecule has 1 unspecified atom stereocenters. The first-order valence-electron chi connectivity index (χ1n) is 6.09. The molecule has 15 heavy (non-hydrogen) atoms. The monoisotopic (exact) mass is 210 g/mol. The second kappa shape index (κ2) is 5.13. The van der Waals surface area contributed by atoms with Crippen molar-refractivity contribution in [3.05, 3.63) is 11.6 Å². The van der Waals surface area contributed by atoms with Crippen LogP contribution in [0.5, 0.6) is 0 Å². The summed E-state index contributed by atoms with van der Waals surface area (Å²) >= 11 is 0. The lowest BCUT2D eigenvalue weighted by molar-refractivity contribution is 0.141. The minimum Gasteiger partial charge on any atom is -0.385 e. The van der Waals surface area contributed by atoms with Gasteiger partial charge >= 0.3 is 0 Å². The van der Waals surface area contributed by atoms with Crippen LogP contribution in [0, 0.1) is 5.41 Å². The number of hydrogen-bond donors (Lipinski definition) is 0. The maximum Gasteiger partial charge on any atom is 0.0526 e. The van der Waals surface area contributed by atoms with Crippen molar-refractivity contribution in [1.29, 1.82) is 0 Å². The lowest BCUT2D eigenvalue weighted by Crippen LogP contribution is -2.24. The van der Waals surface area contributed by atoms with Gasteiger partial charge < -0.3 is 9.47 Å². The average Bonchev–Trinajstić information content (AvgIpc) is 2.67. The van der Waals surface area contributed by atoms with Crippen LogP contribution in [0.2, 0.25) is 0 Å². The highest BCUT2D eigenvalue weighted by Crippen LogP contribution is 2.43. The average molecular weight is 210 g/mol. The Morgan fingerprint density at radius 3 is 3.13 bits per heavy atom. The number of methoxy groups -OCH3 is 1. The molecule has 1 spiro atoms. The Labute approximate surface area is 92.6 Å². The molecule has 1 heterocycles. The second-order valence-corrected chi connectivity index (χ2v) is 4.98. The highest BCUT2D eigenvalue weighted by atomic mass is 16.5. The van der Waals surface area contributed by atoms with Crippen LogP contribution >= 0.6 is 0 Å². The summed E-state index contributed by atoms with van der Waals surface area (Å²) in [7, 11) is 1.78. The molecule has 2 heteroatoms. The van der Waals surface area contributed by atoms with Crippen LogP contribution in [0.4, 0.5) is 0 Å². The first-order chi connectivity index (χ1) is 7.35. The number of hydrogen-bond acceptors (Lipinski definition) is 2. The zero-order valence-electron chi connectivity index (χ0n) is 9.76. The van der Waals surface area contributed by atoms with E-state index in [1.807, 2.05) is 0 Å². The summed E-state index contributed by atoms with van der Waals surface area (Å²) in [5.74, 6) is 0. The maximum absolute atomic E-state index is 5.56. The van der Waals surface area contributed by atoms with Crippen LogP contribution < -0.4 is 0 Å². The quantitative estimate of drug-likeness (QED) is 0.524. The van der Waals surface area contributed by atoms with Gasteiger partial charge in [0.25, 0.3) is 0 Å². The molecule has 2 rings (SSSR count). The first kappa shape index (κ1) is 11.2. The summed E-state index contributed by atoms with van der Waals surface area (Å²) in [4.78, 5) is 0. The van der Waals surface area contributed by atoms with Gasteiger partial charge in [0.2, 0.25) is 0 Å². The Hall–Kier alpha value is -0.340. The van der Waals surface area contributed by atoms with E-state index in [0.717, 1.165) is 19.8 Å². The normalized spacial score (nSPS) is 30.9. The third kappa shape index (κ3) is 2.82. The van der Waals surface area contributed by atoms with Crippen molar-refractivity contribution in [2.75, 3.05) is 26.9 Å². The van der Waals surface area contributed by atoms with Crippen molar-refractivity contribution in [2.24, 2.45) is 5.41 Å². The van der Waals surface area contributed by atoms with Crippen LogP contribution in [0.25, 0.3) is 0 Å². The van der Waals surface area contributed by atoms with Crippen molar-refractivity contribution in [1.82, 2.24) is 0 Å². The second-order valence-electron chi connectivity index (χ2n) is 4.98. The summed E-state index contributed by atoms with van der Waals surface area (Å²) in [5, 5.41) is 0. The van der Waals surface area contributed by atoms with E-state index >= 15 is 0 Å². The molecule has 86 valence electrons. The molecule has 1 aliphatic heterocycles. The van der Waals surface area contributed by atoms with Crippen molar-refractivity contribution in [3.8, 4) is 0 Å². The van der Waals surface area contributed by atoms with Crippen molar-refractivity contribution in [2.45, 2.75) is 38.5 Å². The van der Waals surface area contributed by atoms with Gasteiger partial charge in [0.1, 0.15) is 0 Å². The standard InChI is InChI=1S/C13H22O2/c1-14-8-3-5-12-4-2-6-13(10-12)7-9-15-11-13/h4H,2-3,5-11H2,1H3. The van der Waals surface area contributed by atoms with E-state index in [1.54, 1.807) is 12.7 Å². The van der Waals surface area contributed by atoms with E-state index < -0.39 is 0 Å². The van der Waals surface area contributed by atoms with Crippen molar-refractivity contribution < 1.29 is 9.47 Å². The van der Waals surface area contributed by atoms with Crippen LogP contribution in [0.1, 0.15) is 38.5 Å². The third-order valence-corrected chi connectivity index (χ3v) is 3.74. The molecule has 0 bridgehead atoms. The van der Waals surface area contributed by atoms with Gasteiger partial charge in [-0.1, -0.05) is 11.6 Å². The largest absolute Gasteiger partial charge is 0.385 e. The number of allylic oxidation sites excluding steroid dienone is 2. The Bertz CT molecular complexity index is 227. The van der Waals surface area contributed by atoms with E-state index in [2.05, 4.69) is 6.08 Å². The summed E-state index contributed by atoms with van der Waals surface area (Å²) in [6.45, 7) is 2.86. The van der Waals surface area contributed by atoms with Crippen LogP contribution in [-0.4, -0.2) is 26.9 Å². The minimum absolute atomic E-state index is 0.511. The van der Waals surface area contributed by atoms with E-state index in [1.165, 1.54) is 38.5 Å². The van der Waals surface area contributed by atoms with E-state index in [0.29, 0.717) is 5.41 Å². The highest BCUT2D eigenvalue weighted by Gasteiger charge is 2.36. The Morgan fingerprint density at radius 2 is 2.40 bits per heavy atom. The molecule has 0 N–H and O–H groups in total. The fraction of sp³-hybridized carbons (Fsp3) is 0.846. The molecule has 0 aromatic rings. The molecule has 0 amide bonds. The van der Waals surface area contributed by atoms with Gasteiger partial charge in [0, 0.05) is 20.3 Å². The van der Waals surface area contributed by atoms with Gasteiger partial charge in [-0.05, 0) is 43.9 Å². The Morgan fingerprint density at radius 1 is 1.47 bits per heavy atom. The zero-order valence-corrected chi connectivity index (χ0v) is 9.76. The topological polar surface area (TPSA) is 18.5 Å². The Kier molecular flexibility index (Phi) is 3.81. The van der Waals surface area contributed by atoms with Crippen LogP contribution in [0.3, 0.4) is 0 Å². The van der Waals surface area contributed by atoms with Crippen LogP contribution in [-0.2, 0) is 9.47 Å². The van der Waals surface area contributed by atoms with E-state index in [4.69, 9.17) is 9.47 Å². The van der Waals surface area contributed by atoms with E-state index in [-0.39, 0.29) is 0 Å². The summed E-state index contributed by atoms with van der Waals surface area (Å²) < 4.78 is 10.7. The molecule has 1 aliphatic carbocycles. The molecular weight excluding hydrogens is 188 g/mol. The van der Waals surface area contributed by atoms with Gasteiger partial charge in [-0.3, -0.25) is 0 Å². The van der Waals surface area contributed by atoms with Gasteiger partial charge in [-0.2, -0.15) is 0 Å². The maximum atomic E-state index is 5.56. The van der Waals surface area contributed by atoms with Crippen molar-refractivity contribution >= 4 is 0 Å². The molecule has 0 radical (unpaired) electrons. The number of ether oxygens (including phenoxy) is 2.